The van der Waals surface area contributed by atoms with Crippen molar-refractivity contribution in [3.63, 3.8) is 0 Å². The molecule has 1 aliphatic rings. The maximum absolute atomic E-state index is 13.5. The van der Waals surface area contributed by atoms with Crippen molar-refractivity contribution in [3.05, 3.63) is 52.6 Å². The van der Waals surface area contributed by atoms with E-state index in [-0.39, 0.29) is 17.3 Å². The standard InChI is InChI=1S/C15H12ClF3N4O3/c16-8-5-7(1-2-9(8)17)12(10-3-4-23(21-10)14(18)19)22-6-11(13(20)24)26-15(22)25/h1-5,11-12,14H,6H2,(H2,20,24)/t11?,12-/m0/s1. The molecule has 2 heterocycles. The van der Waals surface area contributed by atoms with Gasteiger partial charge in [0.1, 0.15) is 11.9 Å². The fourth-order valence-electron chi connectivity index (χ4n) is 2.64. The zero-order valence-electron chi connectivity index (χ0n) is 13.0. The van der Waals surface area contributed by atoms with Gasteiger partial charge < -0.3 is 10.5 Å². The van der Waals surface area contributed by atoms with Gasteiger partial charge in [0.05, 0.1) is 17.3 Å². The average molecular weight is 389 g/mol. The van der Waals surface area contributed by atoms with Crippen molar-refractivity contribution in [2.75, 3.05) is 6.54 Å². The maximum Gasteiger partial charge on any atom is 0.411 e. The van der Waals surface area contributed by atoms with Crippen molar-refractivity contribution < 1.29 is 27.5 Å². The summed E-state index contributed by atoms with van der Waals surface area (Å²) in [4.78, 5) is 24.6. The number of aromatic nitrogens is 2. The number of primary amides is 1. The van der Waals surface area contributed by atoms with Gasteiger partial charge in [0.15, 0.2) is 6.10 Å². The van der Waals surface area contributed by atoms with Gasteiger partial charge in [0.2, 0.25) is 0 Å². The average Bonchev–Trinajstić information content (AvgIpc) is 3.19. The van der Waals surface area contributed by atoms with Gasteiger partial charge in [0, 0.05) is 6.20 Å². The van der Waals surface area contributed by atoms with Gasteiger partial charge >= 0.3 is 12.6 Å². The van der Waals surface area contributed by atoms with Crippen LogP contribution in [0.1, 0.15) is 23.8 Å². The van der Waals surface area contributed by atoms with Crippen LogP contribution in [0.25, 0.3) is 0 Å². The molecule has 26 heavy (non-hydrogen) atoms. The van der Waals surface area contributed by atoms with Crippen LogP contribution in [0.15, 0.2) is 30.5 Å². The number of benzene rings is 1. The first-order valence-electron chi connectivity index (χ1n) is 7.32. The van der Waals surface area contributed by atoms with E-state index in [2.05, 4.69) is 5.10 Å². The fourth-order valence-corrected chi connectivity index (χ4v) is 2.83. The van der Waals surface area contributed by atoms with E-state index in [1.807, 2.05) is 0 Å². The SMILES string of the molecule is NC(=O)C1CN([C@@H](c2ccc(F)c(Cl)c2)c2ccn(C(F)F)n2)C(=O)O1. The third-order valence-electron chi connectivity index (χ3n) is 3.84. The van der Waals surface area contributed by atoms with Crippen LogP contribution in [0.5, 0.6) is 0 Å². The summed E-state index contributed by atoms with van der Waals surface area (Å²) in [5.41, 5.74) is 5.52. The van der Waals surface area contributed by atoms with Crippen molar-refractivity contribution >= 4 is 23.6 Å². The van der Waals surface area contributed by atoms with Crippen molar-refractivity contribution in [2.45, 2.75) is 18.7 Å². The molecule has 1 aromatic heterocycles. The van der Waals surface area contributed by atoms with E-state index in [1.165, 1.54) is 18.2 Å². The third-order valence-corrected chi connectivity index (χ3v) is 4.13. The van der Waals surface area contributed by atoms with Crippen LogP contribution >= 0.6 is 11.6 Å². The minimum Gasteiger partial charge on any atom is -0.434 e. The molecule has 0 bridgehead atoms. The number of nitrogens with zero attached hydrogens (tertiary/aromatic N) is 3. The van der Waals surface area contributed by atoms with E-state index >= 15 is 0 Å². The molecule has 3 rings (SSSR count). The molecule has 1 aliphatic heterocycles. The van der Waals surface area contributed by atoms with Gasteiger partial charge in [-0.1, -0.05) is 17.7 Å². The van der Waals surface area contributed by atoms with Crippen LogP contribution < -0.4 is 5.73 Å². The van der Waals surface area contributed by atoms with E-state index in [4.69, 9.17) is 22.1 Å². The van der Waals surface area contributed by atoms with Gasteiger partial charge in [-0.05, 0) is 23.8 Å². The van der Waals surface area contributed by atoms with Crippen LogP contribution in [-0.4, -0.2) is 39.3 Å². The van der Waals surface area contributed by atoms with E-state index in [0.717, 1.165) is 17.2 Å². The predicted molar refractivity (Wildman–Crippen MR) is 82.9 cm³/mol. The molecule has 0 aliphatic carbocycles. The summed E-state index contributed by atoms with van der Waals surface area (Å²) >= 11 is 5.79. The van der Waals surface area contributed by atoms with Gasteiger partial charge in [-0.3, -0.25) is 9.69 Å². The normalized spacial score (nSPS) is 18.3. The predicted octanol–water partition coefficient (Wildman–Crippen LogP) is 2.47. The number of rotatable bonds is 5. The summed E-state index contributed by atoms with van der Waals surface area (Å²) in [5, 5.41) is 3.53. The highest BCUT2D eigenvalue weighted by Gasteiger charge is 2.41. The van der Waals surface area contributed by atoms with Crippen LogP contribution in [0.2, 0.25) is 5.02 Å². The topological polar surface area (TPSA) is 90.5 Å². The molecule has 11 heteroatoms. The number of hydrogen-bond donors (Lipinski definition) is 1. The molecule has 2 atom stereocenters. The molecule has 1 aromatic carbocycles. The van der Waals surface area contributed by atoms with Crippen LogP contribution in [0.4, 0.5) is 18.0 Å². The zero-order chi connectivity index (χ0) is 19.0. The highest BCUT2D eigenvalue weighted by Crippen LogP contribution is 2.33. The molecular formula is C15H12ClF3N4O3. The minimum atomic E-state index is -2.88. The first-order valence-corrected chi connectivity index (χ1v) is 7.70. The number of ether oxygens (including phenoxy) is 1. The molecule has 0 radical (unpaired) electrons. The summed E-state index contributed by atoms with van der Waals surface area (Å²) in [6.07, 6.45) is -1.05. The molecular weight excluding hydrogens is 377 g/mol. The Bertz CT molecular complexity index is 860. The summed E-state index contributed by atoms with van der Waals surface area (Å²) in [5.74, 6) is -1.54. The highest BCUT2D eigenvalue weighted by molar-refractivity contribution is 6.30. The second-order valence-corrected chi connectivity index (χ2v) is 5.91. The number of carbonyl (C=O) groups is 2. The smallest absolute Gasteiger partial charge is 0.411 e. The van der Waals surface area contributed by atoms with Crippen molar-refractivity contribution in [2.24, 2.45) is 5.73 Å². The van der Waals surface area contributed by atoms with Crippen LogP contribution in [-0.2, 0) is 9.53 Å². The van der Waals surface area contributed by atoms with Gasteiger partial charge in [-0.2, -0.15) is 13.9 Å². The lowest BCUT2D eigenvalue weighted by atomic mass is 10.0. The third kappa shape index (κ3) is 3.32. The van der Waals surface area contributed by atoms with Gasteiger partial charge in [0.25, 0.3) is 5.91 Å². The molecule has 7 nitrogen and oxygen atoms in total. The Hall–Kier alpha value is -2.75. The maximum atomic E-state index is 13.5. The Morgan fingerprint density at radius 1 is 1.38 bits per heavy atom. The van der Waals surface area contributed by atoms with Crippen molar-refractivity contribution in [1.82, 2.24) is 14.7 Å². The second kappa shape index (κ2) is 6.87. The molecule has 0 saturated carbocycles. The molecule has 1 saturated heterocycles. The van der Waals surface area contributed by atoms with Crippen LogP contribution in [0.3, 0.4) is 0 Å². The van der Waals surface area contributed by atoms with Gasteiger partial charge in [-0.15, -0.1) is 0 Å². The number of hydrogen-bond acceptors (Lipinski definition) is 4. The molecule has 2 aromatic rings. The van der Waals surface area contributed by atoms with Crippen molar-refractivity contribution in [1.29, 1.82) is 0 Å². The number of cyclic esters (lactones) is 1. The fraction of sp³-hybridized carbons (Fsp3) is 0.267. The Kier molecular flexibility index (Phi) is 4.77. The Balaban J connectivity index is 2.05. The lowest BCUT2D eigenvalue weighted by Crippen LogP contribution is -2.35. The first kappa shape index (κ1) is 18.1. The second-order valence-electron chi connectivity index (χ2n) is 5.50. The summed E-state index contributed by atoms with van der Waals surface area (Å²) in [7, 11) is 0. The lowest BCUT2D eigenvalue weighted by Gasteiger charge is -2.25. The van der Waals surface area contributed by atoms with E-state index in [1.54, 1.807) is 0 Å². The molecule has 2 amide bonds. The summed E-state index contributed by atoms with van der Waals surface area (Å²) in [6.45, 7) is -3.10. The number of alkyl halides is 2. The number of nitrogens with two attached hydrogens (primary N) is 1. The molecule has 2 N–H and O–H groups in total. The van der Waals surface area contributed by atoms with Crippen molar-refractivity contribution in [3.8, 4) is 0 Å². The van der Waals surface area contributed by atoms with E-state index < -0.39 is 36.5 Å². The monoisotopic (exact) mass is 388 g/mol. The Labute approximate surface area is 150 Å². The minimum absolute atomic E-state index is 0.0649. The highest BCUT2D eigenvalue weighted by atomic mass is 35.5. The molecule has 138 valence electrons. The number of halogens is 4. The van der Waals surface area contributed by atoms with E-state index in [0.29, 0.717) is 10.2 Å². The quantitative estimate of drug-likeness (QED) is 0.852. The largest absolute Gasteiger partial charge is 0.434 e. The first-order chi connectivity index (χ1) is 12.3. The Morgan fingerprint density at radius 2 is 2.12 bits per heavy atom. The molecule has 0 spiro atoms. The Morgan fingerprint density at radius 3 is 2.65 bits per heavy atom. The molecule has 1 unspecified atom stereocenters. The zero-order valence-corrected chi connectivity index (χ0v) is 13.7. The molecule has 1 fully saturated rings. The van der Waals surface area contributed by atoms with Gasteiger partial charge in [-0.25, -0.2) is 13.9 Å². The number of amides is 2. The lowest BCUT2D eigenvalue weighted by molar-refractivity contribution is -0.124. The number of carbonyl (C=O) groups excluding carboxylic acids is 2. The summed E-state index contributed by atoms with van der Waals surface area (Å²) in [6, 6.07) is 3.90. The van der Waals surface area contributed by atoms with Crippen LogP contribution in [0, 0.1) is 5.82 Å². The van der Waals surface area contributed by atoms with E-state index in [9.17, 15) is 22.8 Å². The summed E-state index contributed by atoms with van der Waals surface area (Å²) < 4.78 is 44.5.